The maximum Gasteiger partial charge on any atom is 0.253 e. The van der Waals surface area contributed by atoms with Gasteiger partial charge in [-0.3, -0.25) is 4.79 Å². The predicted octanol–water partition coefficient (Wildman–Crippen LogP) is 3.66. The average Bonchev–Trinajstić information content (AvgIpc) is 2.68. The number of carbonyl (C=O) groups is 1. The Bertz CT molecular complexity index is 965. The Balaban J connectivity index is 2.12. The summed E-state index contributed by atoms with van der Waals surface area (Å²) in [5.74, 6) is -0.746. The number of sulfonamides is 1. The molecule has 0 saturated carbocycles. The summed E-state index contributed by atoms with van der Waals surface area (Å²) in [6.07, 6.45) is 0. The minimum Gasteiger partial charge on any atom is -0.492 e. The number of likely N-dealkylation sites (N-methyl/N-ethyl adjacent to an activating group) is 1. The lowest BCUT2D eigenvalue weighted by atomic mass is 10.2. The first-order valence-electron chi connectivity index (χ1n) is 9.14. The monoisotopic (exact) mass is 442 g/mol. The number of nitrogens with zero attached hydrogens (tertiary/aromatic N) is 2. The molecule has 2 aromatic rings. The van der Waals surface area contributed by atoms with Crippen molar-refractivity contribution in [2.24, 2.45) is 0 Å². The Morgan fingerprint density at radius 3 is 2.45 bits per heavy atom. The van der Waals surface area contributed by atoms with Crippen molar-refractivity contribution in [1.29, 1.82) is 0 Å². The summed E-state index contributed by atoms with van der Waals surface area (Å²) < 4.78 is 46.2. The zero-order chi connectivity index (χ0) is 21.6. The third kappa shape index (κ3) is 5.68. The molecule has 0 aromatic heterocycles. The summed E-state index contributed by atoms with van der Waals surface area (Å²) in [7, 11) is -2.46. The van der Waals surface area contributed by atoms with Crippen LogP contribution in [0.2, 0.25) is 5.02 Å². The number of hydrogen-bond donors (Lipinski definition) is 0. The topological polar surface area (TPSA) is 66.9 Å². The predicted molar refractivity (Wildman–Crippen MR) is 110 cm³/mol. The molecule has 0 spiro atoms. The molecular formula is C20H24ClFN2O4S. The minimum absolute atomic E-state index is 0.0855. The number of rotatable bonds is 9. The number of ether oxygens (including phenoxy) is 1. The molecule has 0 N–H and O–H groups in total. The molecule has 0 aliphatic carbocycles. The summed E-state index contributed by atoms with van der Waals surface area (Å²) in [4.78, 5) is 13.5. The lowest BCUT2D eigenvalue weighted by molar-refractivity contribution is 0.0773. The highest BCUT2D eigenvalue weighted by molar-refractivity contribution is 7.89. The number of hydrogen-bond acceptors (Lipinski definition) is 4. The Labute approximate surface area is 175 Å². The van der Waals surface area contributed by atoms with Gasteiger partial charge in [0.2, 0.25) is 10.0 Å². The highest BCUT2D eigenvalue weighted by atomic mass is 35.5. The van der Waals surface area contributed by atoms with Gasteiger partial charge in [0.25, 0.3) is 5.91 Å². The van der Waals surface area contributed by atoms with E-state index in [1.54, 1.807) is 45.2 Å². The normalized spacial score (nSPS) is 11.5. The van der Waals surface area contributed by atoms with Crippen molar-refractivity contribution in [1.82, 2.24) is 9.21 Å². The molecule has 0 atom stereocenters. The fourth-order valence-electron chi connectivity index (χ4n) is 2.72. The van der Waals surface area contributed by atoms with Gasteiger partial charge in [-0.05, 0) is 36.4 Å². The molecule has 0 bridgehead atoms. The van der Waals surface area contributed by atoms with Gasteiger partial charge in [-0.2, -0.15) is 4.31 Å². The molecule has 1 amide bonds. The van der Waals surface area contributed by atoms with E-state index in [1.165, 1.54) is 11.0 Å². The lowest BCUT2D eigenvalue weighted by Crippen LogP contribution is -2.33. The van der Waals surface area contributed by atoms with Crippen molar-refractivity contribution < 1.29 is 22.3 Å². The number of halogens is 2. The van der Waals surface area contributed by atoms with E-state index >= 15 is 0 Å². The number of amides is 1. The second kappa shape index (κ2) is 10.0. The van der Waals surface area contributed by atoms with Crippen LogP contribution in [0.25, 0.3) is 0 Å². The van der Waals surface area contributed by atoms with Gasteiger partial charge in [0.05, 0.1) is 6.54 Å². The molecule has 2 aromatic carbocycles. The van der Waals surface area contributed by atoms with Crippen LogP contribution in [0.15, 0.2) is 47.4 Å². The van der Waals surface area contributed by atoms with Gasteiger partial charge in [-0.25, -0.2) is 12.8 Å². The van der Waals surface area contributed by atoms with Crippen molar-refractivity contribution in [3.8, 4) is 5.75 Å². The Morgan fingerprint density at radius 1 is 1.14 bits per heavy atom. The van der Waals surface area contributed by atoms with E-state index in [9.17, 15) is 17.6 Å². The molecule has 0 fully saturated rings. The smallest absolute Gasteiger partial charge is 0.253 e. The van der Waals surface area contributed by atoms with E-state index in [2.05, 4.69) is 0 Å². The summed E-state index contributed by atoms with van der Waals surface area (Å²) in [6, 6.07) is 10.2. The van der Waals surface area contributed by atoms with Crippen molar-refractivity contribution in [2.75, 3.05) is 33.3 Å². The second-order valence-corrected chi connectivity index (χ2v) is 8.61. The minimum atomic E-state index is -4.02. The van der Waals surface area contributed by atoms with Crippen molar-refractivity contribution in [2.45, 2.75) is 18.7 Å². The van der Waals surface area contributed by atoms with Gasteiger partial charge in [0, 0.05) is 30.7 Å². The fourth-order valence-corrected chi connectivity index (χ4v) is 4.44. The molecule has 29 heavy (non-hydrogen) atoms. The van der Waals surface area contributed by atoms with E-state index in [1.807, 2.05) is 0 Å². The standard InChI is InChI=1S/C20H24ClFN2O4S/c1-4-24(5-2)29(26,27)19-13-15(9-10-18(19)22)20(25)23(3)11-12-28-17-8-6-7-16(21)14-17/h6-10,13-14H,4-5,11-12H2,1-3H3. The van der Waals surface area contributed by atoms with Gasteiger partial charge >= 0.3 is 0 Å². The second-order valence-electron chi connectivity index (χ2n) is 6.27. The molecule has 0 unspecified atom stereocenters. The van der Waals surface area contributed by atoms with E-state index in [-0.39, 0.29) is 31.8 Å². The van der Waals surface area contributed by atoms with Crippen LogP contribution in [0, 0.1) is 5.82 Å². The van der Waals surface area contributed by atoms with Crippen LogP contribution >= 0.6 is 11.6 Å². The third-order valence-electron chi connectivity index (χ3n) is 4.34. The summed E-state index contributed by atoms with van der Waals surface area (Å²) in [5, 5.41) is 0.542. The van der Waals surface area contributed by atoms with Crippen LogP contribution in [0.4, 0.5) is 4.39 Å². The molecule has 9 heteroatoms. The zero-order valence-electron chi connectivity index (χ0n) is 16.6. The van der Waals surface area contributed by atoms with E-state index < -0.39 is 26.6 Å². The molecule has 0 heterocycles. The zero-order valence-corrected chi connectivity index (χ0v) is 18.1. The molecule has 0 radical (unpaired) electrons. The molecule has 6 nitrogen and oxygen atoms in total. The largest absolute Gasteiger partial charge is 0.492 e. The van der Waals surface area contributed by atoms with E-state index in [4.69, 9.17) is 16.3 Å². The Hall–Kier alpha value is -2.16. The lowest BCUT2D eigenvalue weighted by Gasteiger charge is -2.20. The molecule has 2 rings (SSSR count). The summed E-state index contributed by atoms with van der Waals surface area (Å²) in [5.41, 5.74) is 0.0855. The van der Waals surface area contributed by atoms with Crippen LogP contribution in [-0.4, -0.2) is 56.8 Å². The quantitative estimate of drug-likeness (QED) is 0.594. The first-order chi connectivity index (χ1) is 13.7. The highest BCUT2D eigenvalue weighted by Crippen LogP contribution is 2.22. The first kappa shape index (κ1) is 23.1. The first-order valence-corrected chi connectivity index (χ1v) is 11.0. The average molecular weight is 443 g/mol. The Morgan fingerprint density at radius 2 is 1.83 bits per heavy atom. The van der Waals surface area contributed by atoms with Gasteiger partial charge in [0.15, 0.2) is 0 Å². The molecule has 158 valence electrons. The van der Waals surface area contributed by atoms with E-state index in [0.29, 0.717) is 10.8 Å². The SMILES string of the molecule is CCN(CC)S(=O)(=O)c1cc(C(=O)N(C)CCOc2cccc(Cl)c2)ccc1F. The van der Waals surface area contributed by atoms with Crippen molar-refractivity contribution in [3.05, 3.63) is 58.9 Å². The van der Waals surface area contributed by atoms with Crippen LogP contribution in [0.1, 0.15) is 24.2 Å². The van der Waals surface area contributed by atoms with Crippen molar-refractivity contribution in [3.63, 3.8) is 0 Å². The summed E-state index contributed by atoms with van der Waals surface area (Å²) >= 11 is 5.90. The number of carbonyl (C=O) groups excluding carboxylic acids is 1. The highest BCUT2D eigenvalue weighted by Gasteiger charge is 2.27. The number of benzene rings is 2. The molecule has 0 saturated heterocycles. The van der Waals surface area contributed by atoms with Crippen LogP contribution in [-0.2, 0) is 10.0 Å². The van der Waals surface area contributed by atoms with Crippen LogP contribution in [0.5, 0.6) is 5.75 Å². The molecular weight excluding hydrogens is 419 g/mol. The maximum atomic E-state index is 14.2. The summed E-state index contributed by atoms with van der Waals surface area (Å²) in [6.45, 7) is 4.22. The van der Waals surface area contributed by atoms with Gasteiger partial charge in [0.1, 0.15) is 23.1 Å². The van der Waals surface area contributed by atoms with Crippen LogP contribution < -0.4 is 4.74 Å². The van der Waals surface area contributed by atoms with E-state index in [0.717, 1.165) is 16.4 Å². The third-order valence-corrected chi connectivity index (χ3v) is 6.64. The molecule has 0 aliphatic heterocycles. The fraction of sp³-hybridized carbons (Fsp3) is 0.350. The van der Waals surface area contributed by atoms with Gasteiger partial charge in [-0.15, -0.1) is 0 Å². The van der Waals surface area contributed by atoms with Crippen molar-refractivity contribution >= 4 is 27.5 Å². The maximum absolute atomic E-state index is 14.2. The van der Waals surface area contributed by atoms with Gasteiger partial charge < -0.3 is 9.64 Å². The Kier molecular flexibility index (Phi) is 8.01. The van der Waals surface area contributed by atoms with Gasteiger partial charge in [-0.1, -0.05) is 31.5 Å². The molecule has 0 aliphatic rings. The van der Waals surface area contributed by atoms with Crippen LogP contribution in [0.3, 0.4) is 0 Å².